The normalized spacial score (nSPS) is 15.0. The fraction of sp³-hybridized carbons (Fsp3) is 0.0946. The van der Waals surface area contributed by atoms with Crippen LogP contribution in [0.25, 0.3) is 56.3 Å². The van der Waals surface area contributed by atoms with Gasteiger partial charge in [-0.25, -0.2) is 29.3 Å². The molecule has 0 radical (unpaired) electrons. The number of hydrogen-bond acceptors (Lipinski definition) is 11. The maximum Gasteiger partial charge on any atom is 0.359 e. The number of pyridine rings is 2. The minimum absolute atomic E-state index is 0.0266. The Kier molecular flexibility index (Phi) is 16.3. The second-order valence-electron chi connectivity index (χ2n) is 21.6. The number of nitrogens with zero attached hydrogens (tertiary/aromatic N) is 8. The Morgan fingerprint density at radius 1 is 0.307 bits per heavy atom. The zero-order valence-corrected chi connectivity index (χ0v) is 47.9. The molecule has 3 N–H and O–H groups in total. The fourth-order valence-electron chi connectivity index (χ4n) is 11.2. The fourth-order valence-corrected chi connectivity index (χ4v) is 11.2. The van der Waals surface area contributed by atoms with Gasteiger partial charge in [-0.05, 0) is 46.5 Å². The van der Waals surface area contributed by atoms with Crippen molar-refractivity contribution >= 4 is 35.2 Å². The number of carbonyl (C=O) groups excluding carboxylic acids is 3. The van der Waals surface area contributed by atoms with Crippen molar-refractivity contribution in [1.82, 2.24) is 24.9 Å². The summed E-state index contributed by atoms with van der Waals surface area (Å²) in [7, 11) is 0. The average Bonchev–Trinajstić information content (AvgIpc) is 1.99. The zero-order chi connectivity index (χ0) is 59.6. The highest BCUT2D eigenvalue weighted by atomic mass is 16.2. The molecule has 0 bridgehead atoms. The van der Waals surface area contributed by atoms with E-state index in [2.05, 4.69) is 50.2 Å². The molecule has 426 valence electrons. The van der Waals surface area contributed by atoms with Crippen LogP contribution in [0.15, 0.2) is 280 Å². The van der Waals surface area contributed by atoms with Crippen molar-refractivity contribution in [1.29, 1.82) is 0 Å². The standard InChI is InChI=1S/C26H21N3O.2C24H18N4O/c30-26-23(17-20-12-6-2-7-13-20)28-25-22(16-19-10-4-1-5-11-19)27-24(18-29(25)26)21-14-8-3-9-15-21;29-24-20(15-17-7-3-1-4-8-17)27-23-22(19-9-5-2-6-10-19)26-21(16-28(23)24)18-11-13-25-14-12-18;29-24-20(15-17-7-3-1-4-8-17)27-23-22(19-11-13-25-14-12-19)26-21(16-28(23)24)18-9-5-2-6-10-18/h1-15,18,23H,16-17H2;2*1-14,16,20H,15H2/p+3. The van der Waals surface area contributed by atoms with Crippen LogP contribution in [0.2, 0.25) is 0 Å². The molecule has 12 aromatic rings. The van der Waals surface area contributed by atoms with Gasteiger partial charge in [-0.1, -0.05) is 212 Å². The molecule has 8 heterocycles. The summed E-state index contributed by atoms with van der Waals surface area (Å²) >= 11 is 0. The Hall–Kier alpha value is -11.5. The summed E-state index contributed by atoms with van der Waals surface area (Å²) in [4.78, 5) is 62.7. The smallest absolute Gasteiger partial charge is 0.265 e. The highest BCUT2D eigenvalue weighted by molar-refractivity contribution is 5.88. The summed E-state index contributed by atoms with van der Waals surface area (Å²) in [6.07, 6.45) is 15.0. The largest absolute Gasteiger partial charge is 0.359 e. The topological polar surface area (TPSA) is 163 Å². The zero-order valence-electron chi connectivity index (χ0n) is 47.9. The lowest BCUT2D eigenvalue weighted by molar-refractivity contribution is -0.553. The molecule has 3 atom stereocenters. The molecule has 15 rings (SSSR count). The molecule has 0 aliphatic carbocycles. The van der Waals surface area contributed by atoms with Crippen molar-refractivity contribution in [2.45, 2.75) is 43.8 Å². The summed E-state index contributed by atoms with van der Waals surface area (Å²) in [5, 5.41) is 10.3. The summed E-state index contributed by atoms with van der Waals surface area (Å²) in [5.41, 5.74) is 14.0. The van der Waals surface area contributed by atoms with E-state index in [9.17, 15) is 14.4 Å². The number of nitrogens with one attached hydrogen (secondary N) is 3. The van der Waals surface area contributed by atoms with E-state index in [1.165, 1.54) is 5.56 Å². The van der Waals surface area contributed by atoms with E-state index in [-0.39, 0.29) is 35.8 Å². The lowest BCUT2D eigenvalue weighted by Crippen LogP contribution is -2.44. The Morgan fingerprint density at radius 3 is 0.977 bits per heavy atom. The predicted octanol–water partition coefficient (Wildman–Crippen LogP) is 11.9. The number of aromatic nitrogens is 8. The molecule has 0 saturated heterocycles. The molecule has 3 aliphatic heterocycles. The number of anilines is 3. The molecular formula is C74H60N11O3+3. The van der Waals surface area contributed by atoms with Crippen LogP contribution in [0.4, 0.5) is 17.5 Å². The van der Waals surface area contributed by atoms with Gasteiger partial charge in [0.15, 0.2) is 29.5 Å². The molecule has 0 amide bonds. The number of carbonyl (C=O) groups is 3. The van der Waals surface area contributed by atoms with Gasteiger partial charge in [0.25, 0.3) is 0 Å². The van der Waals surface area contributed by atoms with Gasteiger partial charge in [0.05, 0.1) is 0 Å². The quantitative estimate of drug-likeness (QED) is 0.0942. The summed E-state index contributed by atoms with van der Waals surface area (Å²) in [6.45, 7) is 0. The van der Waals surface area contributed by atoms with Gasteiger partial charge < -0.3 is 0 Å². The van der Waals surface area contributed by atoms with E-state index in [1.54, 1.807) is 38.5 Å². The SMILES string of the molecule is O=C1C(Cc2ccccc2)Nc2c(-c3ccccc3)nc(-c3ccncc3)c[n+]21.O=C1C(Cc2ccccc2)Nc2c(-c3ccncc3)nc(-c3ccccc3)c[n+]21.O=C1C(Cc2ccccc2)Nc2c(Cc3ccccc3)nc(-c3ccccc3)c[n+]21. The van der Waals surface area contributed by atoms with Crippen LogP contribution in [0.1, 0.15) is 42.3 Å². The lowest BCUT2D eigenvalue weighted by atomic mass is 10.1. The van der Waals surface area contributed by atoms with E-state index >= 15 is 0 Å². The molecule has 5 aromatic heterocycles. The molecule has 3 unspecified atom stereocenters. The highest BCUT2D eigenvalue weighted by Gasteiger charge is 2.44. The van der Waals surface area contributed by atoms with Crippen molar-refractivity contribution < 1.29 is 28.1 Å². The van der Waals surface area contributed by atoms with E-state index in [4.69, 9.17) is 15.0 Å². The second-order valence-corrected chi connectivity index (χ2v) is 21.6. The maximum absolute atomic E-state index is 13.3. The monoisotopic (exact) mass is 1150 g/mol. The third-order valence-electron chi connectivity index (χ3n) is 15.6. The Labute approximate surface area is 509 Å². The first-order valence-electron chi connectivity index (χ1n) is 29.3. The van der Waals surface area contributed by atoms with Crippen LogP contribution in [0.3, 0.4) is 0 Å². The van der Waals surface area contributed by atoms with Gasteiger partial charge in [0.2, 0.25) is 0 Å². The van der Waals surface area contributed by atoms with Gasteiger partial charge in [0, 0.05) is 78.3 Å². The average molecular weight is 1150 g/mol. The lowest BCUT2D eigenvalue weighted by Gasteiger charge is -2.07. The Bertz CT molecular complexity index is 4220. The summed E-state index contributed by atoms with van der Waals surface area (Å²) < 4.78 is 5.17. The van der Waals surface area contributed by atoms with E-state index in [0.717, 1.165) is 96.1 Å². The molecule has 0 saturated carbocycles. The number of benzene rings is 7. The molecule has 0 fully saturated rings. The van der Waals surface area contributed by atoms with Gasteiger partial charge in [-0.3, -0.25) is 25.9 Å². The molecule has 14 nitrogen and oxygen atoms in total. The maximum atomic E-state index is 13.3. The third-order valence-corrected chi connectivity index (χ3v) is 15.6. The molecule has 14 heteroatoms. The van der Waals surface area contributed by atoms with Gasteiger partial charge in [-0.2, -0.15) is 13.7 Å². The number of rotatable bonds is 13. The molecule has 7 aromatic carbocycles. The number of fused-ring (bicyclic) bond motifs is 3. The van der Waals surface area contributed by atoms with Crippen molar-refractivity contribution in [2.75, 3.05) is 16.0 Å². The van der Waals surface area contributed by atoms with Crippen molar-refractivity contribution in [3.05, 3.63) is 308 Å². The number of hydrogen-bond donors (Lipinski definition) is 3. The van der Waals surface area contributed by atoms with Crippen molar-refractivity contribution in [3.63, 3.8) is 0 Å². The first-order valence-corrected chi connectivity index (χ1v) is 29.3. The minimum atomic E-state index is -0.328. The summed E-state index contributed by atoms with van der Waals surface area (Å²) in [6, 6.07) is 77.0. The Morgan fingerprint density at radius 2 is 0.591 bits per heavy atom. The molecule has 0 spiro atoms. The minimum Gasteiger partial charge on any atom is -0.265 e. The van der Waals surface area contributed by atoms with Gasteiger partial charge in [-0.15, -0.1) is 0 Å². The van der Waals surface area contributed by atoms with Crippen LogP contribution in [0.5, 0.6) is 0 Å². The van der Waals surface area contributed by atoms with Crippen LogP contribution < -0.4 is 29.7 Å². The van der Waals surface area contributed by atoms with Crippen LogP contribution in [0, 0.1) is 0 Å². The predicted molar refractivity (Wildman–Crippen MR) is 340 cm³/mol. The van der Waals surface area contributed by atoms with Gasteiger partial charge in [0.1, 0.15) is 41.4 Å². The van der Waals surface area contributed by atoms with E-state index in [0.29, 0.717) is 25.7 Å². The first kappa shape index (κ1) is 55.7. The highest BCUT2D eigenvalue weighted by Crippen LogP contribution is 2.32. The second kappa shape index (κ2) is 25.8. The Balaban J connectivity index is 0.000000122. The van der Waals surface area contributed by atoms with Crippen molar-refractivity contribution in [2.24, 2.45) is 0 Å². The van der Waals surface area contributed by atoms with Crippen LogP contribution in [-0.4, -0.2) is 60.8 Å². The third kappa shape index (κ3) is 12.3. The van der Waals surface area contributed by atoms with Crippen molar-refractivity contribution in [3.8, 4) is 56.3 Å². The molecule has 88 heavy (non-hydrogen) atoms. The molecular weight excluding hydrogens is 1090 g/mol. The molecule has 3 aliphatic rings. The van der Waals surface area contributed by atoms with E-state index < -0.39 is 0 Å². The van der Waals surface area contributed by atoms with Crippen LogP contribution in [-0.2, 0) is 25.7 Å². The van der Waals surface area contributed by atoms with Crippen LogP contribution >= 0.6 is 0 Å². The van der Waals surface area contributed by atoms with E-state index in [1.807, 2.05) is 231 Å². The first-order chi connectivity index (χ1) is 43.4. The van der Waals surface area contributed by atoms with Gasteiger partial charge >= 0.3 is 35.2 Å². The summed E-state index contributed by atoms with van der Waals surface area (Å²) in [5.74, 6) is 2.37.